The van der Waals surface area contributed by atoms with Gasteiger partial charge in [0.05, 0.1) is 0 Å². The zero-order chi connectivity index (χ0) is 15.5. The second-order valence-electron chi connectivity index (χ2n) is 5.51. The van der Waals surface area contributed by atoms with Crippen LogP contribution in [0.1, 0.15) is 36.2 Å². The third-order valence-corrected chi connectivity index (χ3v) is 4.76. The Balaban J connectivity index is 1.60. The molecule has 1 aromatic carbocycles. The van der Waals surface area contributed by atoms with Crippen molar-refractivity contribution in [1.82, 2.24) is 10.3 Å². The molecule has 6 heteroatoms. The molecule has 1 atom stereocenters. The summed E-state index contributed by atoms with van der Waals surface area (Å²) >= 11 is 1.50. The molecule has 0 bridgehead atoms. The van der Waals surface area contributed by atoms with Crippen LogP contribution < -0.4 is 16.0 Å². The van der Waals surface area contributed by atoms with E-state index in [1.165, 1.54) is 16.9 Å². The lowest BCUT2D eigenvalue weighted by Gasteiger charge is -2.18. The first kappa shape index (κ1) is 15.0. The molecule has 2 aromatic rings. The van der Waals surface area contributed by atoms with Crippen LogP contribution in [-0.2, 0) is 11.3 Å². The summed E-state index contributed by atoms with van der Waals surface area (Å²) in [5.74, 6) is 0.224. The van der Waals surface area contributed by atoms with Crippen molar-refractivity contribution in [3.05, 3.63) is 40.9 Å². The molecule has 2 heterocycles. The molecule has 3 rings (SSSR count). The number of carbonyl (C=O) groups is 1. The van der Waals surface area contributed by atoms with Crippen LogP contribution in [0.4, 0.5) is 10.8 Å². The average Bonchev–Trinajstić information content (AvgIpc) is 3.13. The normalized spacial score (nSPS) is 16.2. The van der Waals surface area contributed by atoms with E-state index in [9.17, 15) is 4.79 Å². The van der Waals surface area contributed by atoms with Gasteiger partial charge in [-0.05, 0) is 31.0 Å². The Bertz CT molecular complexity index is 652. The van der Waals surface area contributed by atoms with Crippen LogP contribution in [0.2, 0.25) is 0 Å². The molecule has 0 spiro atoms. The van der Waals surface area contributed by atoms with Crippen LogP contribution in [-0.4, -0.2) is 17.4 Å². The zero-order valence-electron chi connectivity index (χ0n) is 12.6. The van der Waals surface area contributed by atoms with Crippen molar-refractivity contribution in [2.45, 2.75) is 32.4 Å². The van der Waals surface area contributed by atoms with Crippen molar-refractivity contribution in [2.24, 2.45) is 0 Å². The molecule has 1 saturated heterocycles. The molecule has 1 amide bonds. The predicted octanol–water partition coefficient (Wildman–Crippen LogP) is 2.70. The number of nitrogens with two attached hydrogens (primary N) is 1. The number of nitrogen functional groups attached to an aromatic ring is 1. The minimum atomic E-state index is 0.224. The second-order valence-corrected chi connectivity index (χ2v) is 6.65. The molecule has 1 fully saturated rings. The van der Waals surface area contributed by atoms with Gasteiger partial charge in [0, 0.05) is 42.3 Å². The first-order chi connectivity index (χ1) is 10.6. The number of nitrogens with zero attached hydrogens (tertiary/aromatic N) is 2. The van der Waals surface area contributed by atoms with Crippen LogP contribution >= 0.6 is 11.3 Å². The minimum Gasteiger partial charge on any atom is -0.375 e. The number of nitrogens with one attached hydrogen (secondary N) is 1. The first-order valence-electron chi connectivity index (χ1n) is 7.47. The van der Waals surface area contributed by atoms with Gasteiger partial charge < -0.3 is 16.0 Å². The Morgan fingerprint density at radius 2 is 2.18 bits per heavy atom. The maximum atomic E-state index is 11.8. The van der Waals surface area contributed by atoms with Crippen molar-refractivity contribution >= 4 is 28.1 Å². The molecule has 1 aliphatic heterocycles. The molecule has 5 nitrogen and oxygen atoms in total. The fourth-order valence-corrected chi connectivity index (χ4v) is 3.27. The van der Waals surface area contributed by atoms with E-state index in [-0.39, 0.29) is 11.9 Å². The molecule has 1 aromatic heterocycles. The zero-order valence-corrected chi connectivity index (χ0v) is 13.4. The van der Waals surface area contributed by atoms with Crippen molar-refractivity contribution < 1.29 is 4.79 Å². The van der Waals surface area contributed by atoms with Gasteiger partial charge in [-0.3, -0.25) is 4.79 Å². The quantitative estimate of drug-likeness (QED) is 0.889. The van der Waals surface area contributed by atoms with Gasteiger partial charge in [0.15, 0.2) is 5.13 Å². The minimum absolute atomic E-state index is 0.224. The van der Waals surface area contributed by atoms with Gasteiger partial charge in [-0.1, -0.05) is 12.1 Å². The first-order valence-corrected chi connectivity index (χ1v) is 8.29. The summed E-state index contributed by atoms with van der Waals surface area (Å²) < 4.78 is 0. The highest BCUT2D eigenvalue weighted by Crippen LogP contribution is 2.24. The summed E-state index contributed by atoms with van der Waals surface area (Å²) in [6, 6.07) is 8.45. The van der Waals surface area contributed by atoms with Crippen LogP contribution in [0.3, 0.4) is 0 Å². The van der Waals surface area contributed by atoms with E-state index in [1.54, 1.807) is 0 Å². The van der Waals surface area contributed by atoms with Gasteiger partial charge in [-0.15, -0.1) is 11.3 Å². The molecule has 22 heavy (non-hydrogen) atoms. The van der Waals surface area contributed by atoms with Gasteiger partial charge in [-0.2, -0.15) is 0 Å². The smallest absolute Gasteiger partial charge is 0.227 e. The number of thiazole rings is 1. The highest BCUT2D eigenvalue weighted by molar-refractivity contribution is 7.15. The fraction of sp³-hybridized carbons (Fsp3) is 0.375. The average molecular weight is 316 g/mol. The SMILES string of the molecule is CC(NCc1cnc(N)s1)c1ccc(N2CCCC2=O)cc1. The lowest BCUT2D eigenvalue weighted by Crippen LogP contribution is -2.23. The standard InChI is InChI=1S/C16H20N4OS/c1-11(18-9-14-10-19-16(17)22-14)12-4-6-13(7-5-12)20-8-2-3-15(20)21/h4-7,10-11,18H,2-3,8-9H2,1H3,(H2,17,19). The molecule has 1 unspecified atom stereocenters. The van der Waals surface area contributed by atoms with Crippen LogP contribution in [0.5, 0.6) is 0 Å². The molecule has 1 aliphatic rings. The molecule has 0 aliphatic carbocycles. The number of anilines is 2. The Morgan fingerprint density at radius 1 is 1.41 bits per heavy atom. The maximum Gasteiger partial charge on any atom is 0.227 e. The van der Waals surface area contributed by atoms with Crippen LogP contribution in [0.15, 0.2) is 30.5 Å². The number of aromatic nitrogens is 1. The van der Waals surface area contributed by atoms with Gasteiger partial charge in [0.1, 0.15) is 0 Å². The number of rotatable bonds is 5. The Kier molecular flexibility index (Phi) is 4.40. The van der Waals surface area contributed by atoms with E-state index in [2.05, 4.69) is 29.4 Å². The molecular weight excluding hydrogens is 296 g/mol. The third kappa shape index (κ3) is 3.28. The number of hydrogen-bond acceptors (Lipinski definition) is 5. The third-order valence-electron chi connectivity index (χ3n) is 3.93. The maximum absolute atomic E-state index is 11.8. The molecule has 3 N–H and O–H groups in total. The van der Waals surface area contributed by atoms with Crippen molar-refractivity contribution in [1.29, 1.82) is 0 Å². The molecule has 0 radical (unpaired) electrons. The lowest BCUT2D eigenvalue weighted by molar-refractivity contribution is -0.117. The number of benzene rings is 1. The van der Waals surface area contributed by atoms with Crippen LogP contribution in [0.25, 0.3) is 0 Å². The summed E-state index contributed by atoms with van der Waals surface area (Å²) in [4.78, 5) is 18.8. The highest BCUT2D eigenvalue weighted by atomic mass is 32.1. The largest absolute Gasteiger partial charge is 0.375 e. The topological polar surface area (TPSA) is 71.2 Å². The molecular formula is C16H20N4OS. The number of amides is 1. The monoisotopic (exact) mass is 316 g/mol. The Morgan fingerprint density at radius 3 is 2.77 bits per heavy atom. The summed E-state index contributed by atoms with van der Waals surface area (Å²) in [5.41, 5.74) is 7.83. The Labute approximate surface area is 134 Å². The summed E-state index contributed by atoms with van der Waals surface area (Å²) in [6.07, 6.45) is 3.43. The van der Waals surface area contributed by atoms with Gasteiger partial charge in [-0.25, -0.2) is 4.98 Å². The number of carbonyl (C=O) groups excluding carboxylic acids is 1. The number of hydrogen-bond donors (Lipinski definition) is 2. The van der Waals surface area contributed by atoms with Gasteiger partial charge in [0.2, 0.25) is 5.91 Å². The van der Waals surface area contributed by atoms with E-state index >= 15 is 0 Å². The van der Waals surface area contributed by atoms with E-state index in [0.29, 0.717) is 11.6 Å². The summed E-state index contributed by atoms with van der Waals surface area (Å²) in [6.45, 7) is 3.71. The van der Waals surface area contributed by atoms with E-state index in [1.807, 2.05) is 23.2 Å². The van der Waals surface area contributed by atoms with E-state index in [0.717, 1.165) is 30.1 Å². The lowest BCUT2D eigenvalue weighted by atomic mass is 10.1. The van der Waals surface area contributed by atoms with E-state index in [4.69, 9.17) is 5.73 Å². The second kappa shape index (κ2) is 6.46. The van der Waals surface area contributed by atoms with Gasteiger partial charge >= 0.3 is 0 Å². The van der Waals surface area contributed by atoms with Crippen LogP contribution in [0, 0.1) is 0 Å². The molecule has 116 valence electrons. The molecule has 0 saturated carbocycles. The van der Waals surface area contributed by atoms with Crippen molar-refractivity contribution in [2.75, 3.05) is 17.2 Å². The fourth-order valence-electron chi connectivity index (χ4n) is 2.64. The highest BCUT2D eigenvalue weighted by Gasteiger charge is 2.21. The summed E-state index contributed by atoms with van der Waals surface area (Å²) in [7, 11) is 0. The Hall–Kier alpha value is -1.92. The van der Waals surface area contributed by atoms with E-state index < -0.39 is 0 Å². The van der Waals surface area contributed by atoms with Crippen molar-refractivity contribution in [3.63, 3.8) is 0 Å². The predicted molar refractivity (Wildman–Crippen MR) is 89.8 cm³/mol. The summed E-state index contributed by atoms with van der Waals surface area (Å²) in [5, 5.41) is 4.06. The van der Waals surface area contributed by atoms with Gasteiger partial charge in [0.25, 0.3) is 0 Å². The van der Waals surface area contributed by atoms with Crippen molar-refractivity contribution in [3.8, 4) is 0 Å².